The van der Waals surface area contributed by atoms with Gasteiger partial charge in [0.1, 0.15) is 5.76 Å². The molecule has 0 bridgehead atoms. The van der Waals surface area contributed by atoms with Crippen LogP contribution in [-0.4, -0.2) is 13.6 Å². The average molecular weight is 309 g/mol. The van der Waals surface area contributed by atoms with Crippen molar-refractivity contribution >= 4 is 10.0 Å². The molecule has 114 valence electrons. The van der Waals surface area contributed by atoms with Gasteiger partial charge in [-0.3, -0.25) is 0 Å². The number of nitrogens with zero attached hydrogens (tertiary/aromatic N) is 1. The van der Waals surface area contributed by atoms with Crippen molar-refractivity contribution in [2.75, 3.05) is 0 Å². The van der Waals surface area contributed by atoms with Crippen molar-refractivity contribution in [1.29, 1.82) is 0 Å². The number of hydrogen-bond donors (Lipinski definition) is 2. The molecule has 1 aromatic heterocycles. The van der Waals surface area contributed by atoms with Gasteiger partial charge in [-0.1, -0.05) is 17.3 Å². The number of aromatic nitrogens is 1. The normalized spacial score (nSPS) is 13.3. The minimum Gasteiger partial charge on any atom is -0.361 e. The van der Waals surface area contributed by atoms with Gasteiger partial charge in [-0.05, 0) is 38.5 Å². The van der Waals surface area contributed by atoms with E-state index in [1.54, 1.807) is 12.1 Å². The van der Waals surface area contributed by atoms with E-state index in [4.69, 9.17) is 9.66 Å². The highest BCUT2D eigenvalue weighted by Gasteiger charge is 2.12. The summed E-state index contributed by atoms with van der Waals surface area (Å²) in [6.45, 7) is 6.42. The number of nitrogens with one attached hydrogen (secondary N) is 1. The first-order chi connectivity index (χ1) is 9.79. The Bertz CT molecular complexity index is 701. The third-order valence-electron chi connectivity index (χ3n) is 3.47. The zero-order valence-corrected chi connectivity index (χ0v) is 13.1. The van der Waals surface area contributed by atoms with E-state index < -0.39 is 10.0 Å². The van der Waals surface area contributed by atoms with E-state index in [9.17, 15) is 8.42 Å². The van der Waals surface area contributed by atoms with Gasteiger partial charge in [-0.15, -0.1) is 0 Å². The van der Waals surface area contributed by atoms with E-state index in [-0.39, 0.29) is 10.9 Å². The molecule has 1 heterocycles. The Hall–Kier alpha value is -1.70. The van der Waals surface area contributed by atoms with Crippen molar-refractivity contribution < 1.29 is 12.9 Å². The molecule has 1 aromatic carbocycles. The molecular formula is C14H19N3O3S. The number of rotatable bonds is 5. The van der Waals surface area contributed by atoms with E-state index in [2.05, 4.69) is 10.5 Å². The van der Waals surface area contributed by atoms with Crippen LogP contribution in [0.2, 0.25) is 0 Å². The predicted octanol–water partition coefficient (Wildman–Crippen LogP) is 1.79. The van der Waals surface area contributed by atoms with Crippen LogP contribution in [0.5, 0.6) is 0 Å². The second-order valence-electron chi connectivity index (χ2n) is 5.02. The molecule has 0 spiro atoms. The molecule has 7 heteroatoms. The van der Waals surface area contributed by atoms with E-state index in [1.807, 2.05) is 20.8 Å². The molecule has 0 aliphatic carbocycles. The Kier molecular flexibility index (Phi) is 4.46. The lowest BCUT2D eigenvalue weighted by Crippen LogP contribution is -2.19. The second kappa shape index (κ2) is 5.97. The van der Waals surface area contributed by atoms with Gasteiger partial charge in [0, 0.05) is 18.2 Å². The fraction of sp³-hybridized carbons (Fsp3) is 0.357. The van der Waals surface area contributed by atoms with Crippen molar-refractivity contribution in [1.82, 2.24) is 10.5 Å². The van der Waals surface area contributed by atoms with Crippen molar-refractivity contribution in [2.24, 2.45) is 5.14 Å². The Morgan fingerprint density at radius 3 is 2.38 bits per heavy atom. The molecule has 0 aliphatic heterocycles. The van der Waals surface area contributed by atoms with Crippen molar-refractivity contribution in [3.63, 3.8) is 0 Å². The molecule has 2 aromatic rings. The molecule has 1 unspecified atom stereocenters. The number of sulfonamides is 1. The predicted molar refractivity (Wildman–Crippen MR) is 79.0 cm³/mol. The standard InChI is InChI=1S/C14H19N3O3S/c1-9(16-8-14-10(2)17-20-11(14)3)12-4-6-13(7-5-12)21(15,18)19/h4-7,9,16H,8H2,1-3H3,(H2,15,18,19). The highest BCUT2D eigenvalue weighted by Crippen LogP contribution is 2.18. The summed E-state index contributed by atoms with van der Waals surface area (Å²) in [5, 5.41) is 12.3. The second-order valence-corrected chi connectivity index (χ2v) is 6.58. The Morgan fingerprint density at radius 2 is 1.90 bits per heavy atom. The fourth-order valence-electron chi connectivity index (χ4n) is 2.07. The van der Waals surface area contributed by atoms with Crippen LogP contribution in [-0.2, 0) is 16.6 Å². The van der Waals surface area contributed by atoms with Gasteiger partial charge in [0.05, 0.1) is 10.6 Å². The number of hydrogen-bond acceptors (Lipinski definition) is 5. The summed E-state index contributed by atoms with van der Waals surface area (Å²) in [5.41, 5.74) is 2.90. The summed E-state index contributed by atoms with van der Waals surface area (Å²) in [6.07, 6.45) is 0. The third-order valence-corrected chi connectivity index (χ3v) is 4.40. The molecule has 6 nitrogen and oxygen atoms in total. The van der Waals surface area contributed by atoms with E-state index in [1.165, 1.54) is 12.1 Å². The van der Waals surface area contributed by atoms with E-state index in [0.29, 0.717) is 6.54 Å². The number of nitrogens with two attached hydrogens (primary N) is 1. The molecular weight excluding hydrogens is 290 g/mol. The monoisotopic (exact) mass is 309 g/mol. The SMILES string of the molecule is Cc1noc(C)c1CNC(C)c1ccc(S(N)(=O)=O)cc1. The van der Waals surface area contributed by atoms with Crippen LogP contribution in [0.1, 0.15) is 35.5 Å². The first kappa shape index (κ1) is 15.7. The topological polar surface area (TPSA) is 98.2 Å². The van der Waals surface area contributed by atoms with E-state index in [0.717, 1.165) is 22.6 Å². The summed E-state index contributed by atoms with van der Waals surface area (Å²) in [4.78, 5) is 0.115. The molecule has 1 atom stereocenters. The Balaban J connectivity index is 2.05. The fourth-order valence-corrected chi connectivity index (χ4v) is 2.59. The summed E-state index contributed by atoms with van der Waals surface area (Å²) < 4.78 is 27.5. The lowest BCUT2D eigenvalue weighted by atomic mass is 10.1. The first-order valence-electron chi connectivity index (χ1n) is 6.57. The minimum atomic E-state index is -3.65. The first-order valence-corrected chi connectivity index (χ1v) is 8.11. The van der Waals surface area contributed by atoms with Crippen LogP contribution < -0.4 is 10.5 Å². The molecule has 0 fully saturated rings. The molecule has 0 saturated heterocycles. The Labute approximate surface area is 124 Å². The summed E-state index contributed by atoms with van der Waals surface area (Å²) in [5.74, 6) is 0.803. The van der Waals surface area contributed by atoms with Gasteiger partial charge >= 0.3 is 0 Å². The van der Waals surface area contributed by atoms with Gasteiger partial charge < -0.3 is 9.84 Å². The molecule has 3 N–H and O–H groups in total. The average Bonchev–Trinajstić information content (AvgIpc) is 2.75. The molecule has 0 saturated carbocycles. The summed E-state index contributed by atoms with van der Waals surface area (Å²) in [7, 11) is -3.65. The summed E-state index contributed by atoms with van der Waals surface area (Å²) >= 11 is 0. The maximum atomic E-state index is 11.2. The van der Waals surface area contributed by atoms with Crippen LogP contribution in [0, 0.1) is 13.8 Å². The molecule has 2 rings (SSSR count). The van der Waals surface area contributed by atoms with Gasteiger partial charge in [0.25, 0.3) is 0 Å². The van der Waals surface area contributed by atoms with Crippen LogP contribution in [0.3, 0.4) is 0 Å². The van der Waals surface area contributed by atoms with Crippen molar-refractivity contribution in [2.45, 2.75) is 38.3 Å². The van der Waals surface area contributed by atoms with Crippen molar-refractivity contribution in [3.05, 3.63) is 46.8 Å². The zero-order valence-electron chi connectivity index (χ0n) is 12.3. The molecule has 0 radical (unpaired) electrons. The van der Waals surface area contributed by atoms with Gasteiger partial charge in [0.2, 0.25) is 10.0 Å². The van der Waals surface area contributed by atoms with Crippen LogP contribution in [0.15, 0.2) is 33.7 Å². The lowest BCUT2D eigenvalue weighted by molar-refractivity contribution is 0.391. The quantitative estimate of drug-likeness (QED) is 0.877. The molecule has 0 aliphatic rings. The van der Waals surface area contributed by atoms with Gasteiger partial charge in [-0.2, -0.15) is 0 Å². The highest BCUT2D eigenvalue weighted by atomic mass is 32.2. The number of aryl methyl sites for hydroxylation is 2. The minimum absolute atomic E-state index is 0.0632. The zero-order chi connectivity index (χ0) is 15.6. The largest absolute Gasteiger partial charge is 0.361 e. The molecule has 21 heavy (non-hydrogen) atoms. The van der Waals surface area contributed by atoms with Crippen molar-refractivity contribution in [3.8, 4) is 0 Å². The smallest absolute Gasteiger partial charge is 0.238 e. The van der Waals surface area contributed by atoms with Gasteiger partial charge in [-0.25, -0.2) is 13.6 Å². The molecule has 0 amide bonds. The number of primary sulfonamides is 1. The highest BCUT2D eigenvalue weighted by molar-refractivity contribution is 7.89. The Morgan fingerprint density at radius 1 is 1.29 bits per heavy atom. The third kappa shape index (κ3) is 3.69. The lowest BCUT2D eigenvalue weighted by Gasteiger charge is -2.14. The van der Waals surface area contributed by atoms with Crippen LogP contribution in [0.25, 0.3) is 0 Å². The van der Waals surface area contributed by atoms with E-state index >= 15 is 0 Å². The van der Waals surface area contributed by atoms with Crippen LogP contribution in [0.4, 0.5) is 0 Å². The maximum absolute atomic E-state index is 11.2. The van der Waals surface area contributed by atoms with Crippen LogP contribution >= 0.6 is 0 Å². The maximum Gasteiger partial charge on any atom is 0.238 e. The van der Waals surface area contributed by atoms with Gasteiger partial charge in [0.15, 0.2) is 0 Å². The number of benzene rings is 1. The summed E-state index contributed by atoms with van der Waals surface area (Å²) in [6, 6.07) is 6.60.